The number of rotatable bonds is 1. The van der Waals surface area contributed by atoms with Crippen LogP contribution in [-0.2, 0) is 20.0 Å². The lowest BCUT2D eigenvalue weighted by Gasteiger charge is -2.31. The molecule has 3 heterocycles. The molecule has 0 aromatic carbocycles. The maximum absolute atomic E-state index is 13.0. The number of fused-ring (bicyclic) bond motifs is 4. The highest BCUT2D eigenvalue weighted by Gasteiger charge is 2.54. The molecule has 2 aromatic rings. The smallest absolute Gasteiger partial charge is 0.338 e. The molecule has 1 aliphatic heterocycles. The first-order valence-corrected chi connectivity index (χ1v) is 7.19. The highest BCUT2D eigenvalue weighted by atomic mass is 16.7. The molecule has 2 aliphatic rings. The van der Waals surface area contributed by atoms with Gasteiger partial charge in [-0.2, -0.15) is 0 Å². The lowest BCUT2D eigenvalue weighted by Crippen LogP contribution is -2.41. The van der Waals surface area contributed by atoms with Crippen molar-refractivity contribution in [3.8, 4) is 11.3 Å². The fourth-order valence-electron chi connectivity index (χ4n) is 3.19. The molecule has 0 atom stereocenters. The number of pyridine rings is 1. The topological polar surface area (TPSA) is 90.5 Å². The third-order valence-electron chi connectivity index (χ3n) is 4.12. The number of carbonyl (C=O) groups is 2. The molecule has 7 heteroatoms. The number of H-pyrrole nitrogens is 1. The zero-order chi connectivity index (χ0) is 16.2. The van der Waals surface area contributed by atoms with E-state index < -0.39 is 17.5 Å². The molecular formula is C16H14N2O5. The van der Waals surface area contributed by atoms with E-state index in [9.17, 15) is 9.59 Å². The second-order valence-electron chi connectivity index (χ2n) is 5.46. The van der Waals surface area contributed by atoms with Crippen LogP contribution in [0, 0.1) is 6.92 Å². The van der Waals surface area contributed by atoms with E-state index in [1.807, 2.05) is 6.92 Å². The van der Waals surface area contributed by atoms with Crippen LogP contribution in [0.4, 0.5) is 0 Å². The molecule has 2 aromatic heterocycles. The Hall–Kier alpha value is -2.51. The van der Waals surface area contributed by atoms with E-state index in [1.165, 1.54) is 19.4 Å². The van der Waals surface area contributed by atoms with E-state index in [0.29, 0.717) is 30.0 Å². The molecule has 1 spiro atoms. The monoisotopic (exact) mass is 314 g/mol. The van der Waals surface area contributed by atoms with Gasteiger partial charge in [-0.25, -0.2) is 4.79 Å². The maximum Gasteiger partial charge on any atom is 0.338 e. The number of esters is 1. The molecule has 1 N–H and O–H groups in total. The summed E-state index contributed by atoms with van der Waals surface area (Å²) >= 11 is 0. The minimum atomic E-state index is -1.48. The van der Waals surface area contributed by atoms with E-state index >= 15 is 0 Å². The first kappa shape index (κ1) is 14.1. The second-order valence-corrected chi connectivity index (χ2v) is 5.46. The Labute approximate surface area is 131 Å². The molecule has 1 fully saturated rings. The van der Waals surface area contributed by atoms with Gasteiger partial charge in [0.25, 0.3) is 5.79 Å². The molecule has 7 nitrogen and oxygen atoms in total. The van der Waals surface area contributed by atoms with E-state index in [4.69, 9.17) is 14.2 Å². The summed E-state index contributed by atoms with van der Waals surface area (Å²) in [5.41, 5.74) is 2.85. The van der Waals surface area contributed by atoms with Gasteiger partial charge >= 0.3 is 5.97 Å². The summed E-state index contributed by atoms with van der Waals surface area (Å²) in [5, 5.41) is 0. The number of ether oxygens (including phenoxy) is 3. The van der Waals surface area contributed by atoms with E-state index in [0.717, 1.165) is 5.69 Å². The van der Waals surface area contributed by atoms with Crippen LogP contribution in [-0.4, -0.2) is 42.0 Å². The zero-order valence-corrected chi connectivity index (χ0v) is 12.6. The summed E-state index contributed by atoms with van der Waals surface area (Å²) in [6.45, 7) is 2.50. The van der Waals surface area contributed by atoms with Gasteiger partial charge in [0.1, 0.15) is 5.69 Å². The van der Waals surface area contributed by atoms with Crippen LogP contribution in [0.3, 0.4) is 0 Å². The maximum atomic E-state index is 13.0. The van der Waals surface area contributed by atoms with Crippen molar-refractivity contribution in [3.05, 3.63) is 40.8 Å². The Morgan fingerprint density at radius 1 is 1.39 bits per heavy atom. The summed E-state index contributed by atoms with van der Waals surface area (Å²) in [7, 11) is 1.30. The van der Waals surface area contributed by atoms with Gasteiger partial charge in [0.05, 0.1) is 31.6 Å². The third-order valence-corrected chi connectivity index (χ3v) is 4.12. The van der Waals surface area contributed by atoms with Crippen LogP contribution in [0.15, 0.2) is 18.3 Å². The van der Waals surface area contributed by atoms with Gasteiger partial charge in [0.15, 0.2) is 0 Å². The van der Waals surface area contributed by atoms with Crippen LogP contribution in [0.2, 0.25) is 0 Å². The SMILES string of the molecule is COC(=O)c1ccnc2c1-c1[nH]c(C)cc1C1(OCCO1)C2=O. The van der Waals surface area contributed by atoms with Crippen molar-refractivity contribution in [2.24, 2.45) is 0 Å². The Kier molecular flexibility index (Phi) is 2.91. The molecule has 0 bridgehead atoms. The van der Waals surface area contributed by atoms with Gasteiger partial charge in [0.2, 0.25) is 5.78 Å². The molecule has 0 saturated carbocycles. The Balaban J connectivity index is 2.05. The van der Waals surface area contributed by atoms with Gasteiger partial charge in [-0.15, -0.1) is 0 Å². The second kappa shape index (κ2) is 4.74. The first-order chi connectivity index (χ1) is 11.1. The number of aryl methyl sites for hydroxylation is 1. The minimum Gasteiger partial charge on any atom is -0.465 e. The zero-order valence-electron chi connectivity index (χ0n) is 12.6. The number of hydrogen-bond acceptors (Lipinski definition) is 6. The van der Waals surface area contributed by atoms with Crippen LogP contribution >= 0.6 is 0 Å². The average Bonchev–Trinajstić information content (AvgIpc) is 3.19. The first-order valence-electron chi connectivity index (χ1n) is 7.19. The molecule has 23 heavy (non-hydrogen) atoms. The van der Waals surface area contributed by atoms with Crippen LogP contribution in [0.1, 0.15) is 32.1 Å². The number of hydrogen-bond donors (Lipinski definition) is 1. The van der Waals surface area contributed by atoms with Crippen LogP contribution < -0.4 is 0 Å². The van der Waals surface area contributed by atoms with E-state index in [-0.39, 0.29) is 11.3 Å². The van der Waals surface area contributed by atoms with Crippen molar-refractivity contribution in [1.82, 2.24) is 9.97 Å². The predicted molar refractivity (Wildman–Crippen MR) is 78.0 cm³/mol. The van der Waals surface area contributed by atoms with Crippen molar-refractivity contribution in [2.75, 3.05) is 20.3 Å². The normalized spacial score (nSPS) is 17.9. The summed E-state index contributed by atoms with van der Waals surface area (Å²) in [4.78, 5) is 32.4. The van der Waals surface area contributed by atoms with Gasteiger partial charge in [0, 0.05) is 23.0 Å². The number of methoxy groups -OCH3 is 1. The Morgan fingerprint density at radius 3 is 2.83 bits per heavy atom. The largest absolute Gasteiger partial charge is 0.465 e. The lowest BCUT2D eigenvalue weighted by molar-refractivity contribution is -0.126. The number of ketones is 1. The highest BCUT2D eigenvalue weighted by molar-refractivity contribution is 6.13. The summed E-state index contributed by atoms with van der Waals surface area (Å²) < 4.78 is 16.2. The lowest BCUT2D eigenvalue weighted by atomic mass is 9.85. The van der Waals surface area contributed by atoms with Crippen molar-refractivity contribution >= 4 is 11.8 Å². The quantitative estimate of drug-likeness (QED) is 0.804. The molecule has 0 radical (unpaired) electrons. The number of Topliss-reactive ketones (excluding diaryl/α,β-unsaturated/α-hetero) is 1. The van der Waals surface area contributed by atoms with Crippen molar-refractivity contribution in [2.45, 2.75) is 12.7 Å². The minimum absolute atomic E-state index is 0.143. The van der Waals surface area contributed by atoms with Crippen LogP contribution in [0.5, 0.6) is 0 Å². The van der Waals surface area contributed by atoms with E-state index in [2.05, 4.69) is 9.97 Å². The van der Waals surface area contributed by atoms with Gasteiger partial charge in [-0.3, -0.25) is 9.78 Å². The molecule has 1 saturated heterocycles. The van der Waals surface area contributed by atoms with Crippen molar-refractivity contribution < 1.29 is 23.8 Å². The number of aromatic amines is 1. The number of carbonyl (C=O) groups excluding carboxylic acids is 2. The van der Waals surface area contributed by atoms with Crippen molar-refractivity contribution in [1.29, 1.82) is 0 Å². The number of aromatic nitrogens is 2. The van der Waals surface area contributed by atoms with E-state index in [1.54, 1.807) is 6.07 Å². The summed E-state index contributed by atoms with van der Waals surface area (Å²) in [6, 6.07) is 3.34. The average molecular weight is 314 g/mol. The van der Waals surface area contributed by atoms with Gasteiger partial charge in [-0.05, 0) is 19.1 Å². The fraction of sp³-hybridized carbons (Fsp3) is 0.312. The Bertz CT molecular complexity index is 833. The molecule has 1 aliphatic carbocycles. The number of nitrogens with zero attached hydrogens (tertiary/aromatic N) is 1. The molecule has 118 valence electrons. The molecule has 0 amide bonds. The summed E-state index contributed by atoms with van der Waals surface area (Å²) in [6.07, 6.45) is 1.41. The third kappa shape index (κ3) is 1.74. The van der Waals surface area contributed by atoms with Crippen LogP contribution in [0.25, 0.3) is 11.3 Å². The molecule has 0 unspecified atom stereocenters. The predicted octanol–water partition coefficient (Wildman–Crippen LogP) is 1.57. The molecular weight excluding hydrogens is 300 g/mol. The number of nitrogens with one attached hydrogen (secondary N) is 1. The fourth-order valence-corrected chi connectivity index (χ4v) is 3.19. The Morgan fingerprint density at radius 2 is 2.13 bits per heavy atom. The summed E-state index contributed by atoms with van der Waals surface area (Å²) in [5.74, 6) is -2.41. The van der Waals surface area contributed by atoms with Gasteiger partial charge < -0.3 is 19.2 Å². The highest BCUT2D eigenvalue weighted by Crippen LogP contribution is 2.47. The molecule has 4 rings (SSSR count). The standard InChI is InChI=1S/C16H14N2O5/c1-8-7-10-12(18-8)11-9(15(20)21-2)3-4-17-13(11)14(19)16(10)22-5-6-23-16/h3-4,7,18H,5-6H2,1-2H3. The van der Waals surface area contributed by atoms with Gasteiger partial charge in [-0.1, -0.05) is 0 Å². The van der Waals surface area contributed by atoms with Crippen molar-refractivity contribution in [3.63, 3.8) is 0 Å².